The molecule has 0 unspecified atom stereocenters. The standard InChI is InChI=1S/C24H22N4O2/c1-27-22-18-4-2-3-5-21(18)30-24(19(22)15-26-27)9-12-28(13-10-24)23(29)17-6-7-20-16(14-17)8-11-25-20/h2-8,11,14-15,25H,9-10,12-13H2,1H3. The minimum absolute atomic E-state index is 0.0792. The van der Waals surface area contributed by atoms with Crippen LogP contribution in [0.1, 0.15) is 28.8 Å². The number of rotatable bonds is 1. The van der Waals surface area contributed by atoms with E-state index in [1.807, 2.05) is 71.5 Å². The minimum atomic E-state index is -0.431. The maximum Gasteiger partial charge on any atom is 0.253 e. The number of fused-ring (bicyclic) bond motifs is 5. The summed E-state index contributed by atoms with van der Waals surface area (Å²) in [6.07, 6.45) is 5.33. The van der Waals surface area contributed by atoms with E-state index in [1.54, 1.807) is 0 Å². The van der Waals surface area contributed by atoms with Gasteiger partial charge in [0.25, 0.3) is 5.91 Å². The molecule has 0 atom stereocenters. The molecule has 6 rings (SSSR count). The SMILES string of the molecule is Cn1ncc2c1-c1ccccc1OC21CCN(C(=O)c2ccc3[nH]ccc3c2)CC1. The fraction of sp³-hybridized carbons (Fsp3) is 0.250. The molecule has 2 aliphatic rings. The highest BCUT2D eigenvalue weighted by Gasteiger charge is 2.45. The number of ether oxygens (including phenoxy) is 1. The summed E-state index contributed by atoms with van der Waals surface area (Å²) in [6, 6.07) is 16.0. The predicted octanol–water partition coefficient (Wildman–Crippen LogP) is 4.09. The van der Waals surface area contributed by atoms with E-state index in [4.69, 9.17) is 4.74 Å². The number of hydrogen-bond acceptors (Lipinski definition) is 3. The number of H-pyrrole nitrogens is 1. The van der Waals surface area contributed by atoms with E-state index < -0.39 is 5.60 Å². The zero-order chi connectivity index (χ0) is 20.3. The van der Waals surface area contributed by atoms with E-state index in [-0.39, 0.29) is 5.91 Å². The zero-order valence-corrected chi connectivity index (χ0v) is 16.8. The molecule has 150 valence electrons. The van der Waals surface area contributed by atoms with Gasteiger partial charge in [-0.1, -0.05) is 12.1 Å². The lowest BCUT2D eigenvalue weighted by molar-refractivity contribution is -0.00171. The molecule has 6 nitrogen and oxygen atoms in total. The largest absolute Gasteiger partial charge is 0.482 e. The highest BCUT2D eigenvalue weighted by atomic mass is 16.5. The summed E-state index contributed by atoms with van der Waals surface area (Å²) < 4.78 is 8.52. The van der Waals surface area contributed by atoms with Gasteiger partial charge in [-0.2, -0.15) is 5.10 Å². The predicted molar refractivity (Wildman–Crippen MR) is 114 cm³/mol. The molecule has 6 heteroatoms. The van der Waals surface area contributed by atoms with Crippen LogP contribution >= 0.6 is 0 Å². The maximum absolute atomic E-state index is 13.1. The lowest BCUT2D eigenvalue weighted by Gasteiger charge is -2.44. The summed E-state index contributed by atoms with van der Waals surface area (Å²) in [7, 11) is 1.98. The second-order valence-electron chi connectivity index (χ2n) is 8.19. The van der Waals surface area contributed by atoms with Crippen molar-refractivity contribution in [3.63, 3.8) is 0 Å². The molecule has 2 aromatic carbocycles. The average molecular weight is 398 g/mol. The van der Waals surface area contributed by atoms with Crippen LogP contribution in [-0.4, -0.2) is 38.7 Å². The molecule has 30 heavy (non-hydrogen) atoms. The van der Waals surface area contributed by atoms with Gasteiger partial charge in [0.2, 0.25) is 0 Å². The Kier molecular flexibility index (Phi) is 3.60. The number of aromatic amines is 1. The van der Waals surface area contributed by atoms with Crippen molar-refractivity contribution in [3.8, 4) is 17.0 Å². The smallest absolute Gasteiger partial charge is 0.253 e. The Bertz CT molecular complexity index is 1280. The third-order valence-electron chi connectivity index (χ3n) is 6.54. The van der Waals surface area contributed by atoms with Crippen LogP contribution in [0, 0.1) is 0 Å². The molecule has 1 N–H and O–H groups in total. The van der Waals surface area contributed by atoms with Gasteiger partial charge in [0.15, 0.2) is 0 Å². The number of piperidine rings is 1. The third kappa shape index (κ3) is 2.43. The van der Waals surface area contributed by atoms with Crippen LogP contribution in [0.2, 0.25) is 0 Å². The van der Waals surface area contributed by atoms with E-state index in [1.165, 1.54) is 0 Å². The molecule has 4 heterocycles. The van der Waals surface area contributed by atoms with Crippen LogP contribution in [0.5, 0.6) is 5.75 Å². The molecule has 0 aliphatic carbocycles. The van der Waals surface area contributed by atoms with Gasteiger partial charge in [0.05, 0.1) is 11.9 Å². The Morgan fingerprint density at radius 1 is 1.13 bits per heavy atom. The first-order valence-corrected chi connectivity index (χ1v) is 10.3. The number of carbonyl (C=O) groups is 1. The number of aromatic nitrogens is 3. The van der Waals surface area contributed by atoms with Crippen molar-refractivity contribution >= 4 is 16.8 Å². The van der Waals surface area contributed by atoms with Crippen molar-refractivity contribution in [1.82, 2.24) is 19.7 Å². The molecular formula is C24H22N4O2. The Morgan fingerprint density at radius 2 is 1.97 bits per heavy atom. The number of benzene rings is 2. The summed E-state index contributed by atoms with van der Waals surface area (Å²) in [6.45, 7) is 1.31. The lowest BCUT2D eigenvalue weighted by Crippen LogP contribution is -2.49. The van der Waals surface area contributed by atoms with Crippen molar-refractivity contribution in [2.75, 3.05) is 13.1 Å². The van der Waals surface area contributed by atoms with Crippen LogP contribution in [0.3, 0.4) is 0 Å². The summed E-state index contributed by atoms with van der Waals surface area (Å²) in [5.74, 6) is 0.974. The van der Waals surface area contributed by atoms with Crippen molar-refractivity contribution in [2.24, 2.45) is 7.05 Å². The maximum atomic E-state index is 13.1. The highest BCUT2D eigenvalue weighted by Crippen LogP contribution is 2.49. The van der Waals surface area contributed by atoms with Gasteiger partial charge in [0, 0.05) is 66.8 Å². The Balaban J connectivity index is 1.29. The Labute approximate surface area is 174 Å². The molecule has 2 aliphatic heterocycles. The minimum Gasteiger partial charge on any atom is -0.482 e. The summed E-state index contributed by atoms with van der Waals surface area (Å²) in [5, 5.41) is 5.58. The molecule has 2 aromatic heterocycles. The number of hydrogen-bond donors (Lipinski definition) is 1. The first kappa shape index (κ1) is 17.3. The van der Waals surface area contributed by atoms with Gasteiger partial charge in [-0.3, -0.25) is 9.48 Å². The fourth-order valence-corrected chi connectivity index (χ4v) is 4.92. The monoisotopic (exact) mass is 398 g/mol. The number of likely N-dealkylation sites (tertiary alicyclic amines) is 1. The molecule has 0 radical (unpaired) electrons. The molecule has 1 spiro atoms. The van der Waals surface area contributed by atoms with E-state index in [0.29, 0.717) is 13.1 Å². The summed E-state index contributed by atoms with van der Waals surface area (Å²) in [5.41, 5.74) is 4.67. The summed E-state index contributed by atoms with van der Waals surface area (Å²) in [4.78, 5) is 18.3. The molecular weight excluding hydrogens is 376 g/mol. The number of carbonyl (C=O) groups excluding carboxylic acids is 1. The fourth-order valence-electron chi connectivity index (χ4n) is 4.92. The Morgan fingerprint density at radius 3 is 2.83 bits per heavy atom. The average Bonchev–Trinajstić information content (AvgIpc) is 3.41. The highest BCUT2D eigenvalue weighted by molar-refractivity contribution is 5.98. The van der Waals surface area contributed by atoms with Crippen molar-refractivity contribution in [2.45, 2.75) is 18.4 Å². The molecule has 0 saturated carbocycles. The first-order valence-electron chi connectivity index (χ1n) is 10.3. The number of amides is 1. The normalized spacial score (nSPS) is 16.9. The van der Waals surface area contributed by atoms with E-state index >= 15 is 0 Å². The number of aryl methyl sites for hydroxylation is 1. The van der Waals surface area contributed by atoms with Crippen molar-refractivity contribution in [3.05, 3.63) is 72.1 Å². The van der Waals surface area contributed by atoms with Gasteiger partial charge in [-0.15, -0.1) is 0 Å². The molecule has 1 fully saturated rings. The van der Waals surface area contributed by atoms with E-state index in [0.717, 1.165) is 51.9 Å². The number of para-hydroxylation sites is 1. The lowest BCUT2D eigenvalue weighted by atomic mass is 9.81. The summed E-state index contributed by atoms with van der Waals surface area (Å²) >= 11 is 0. The van der Waals surface area contributed by atoms with Crippen LogP contribution in [0.15, 0.2) is 60.9 Å². The van der Waals surface area contributed by atoms with Crippen molar-refractivity contribution < 1.29 is 9.53 Å². The van der Waals surface area contributed by atoms with Crippen LogP contribution < -0.4 is 4.74 Å². The second kappa shape index (κ2) is 6.23. The van der Waals surface area contributed by atoms with Crippen molar-refractivity contribution in [1.29, 1.82) is 0 Å². The second-order valence-corrected chi connectivity index (χ2v) is 8.19. The quantitative estimate of drug-likeness (QED) is 0.525. The van der Waals surface area contributed by atoms with Crippen LogP contribution in [0.25, 0.3) is 22.2 Å². The molecule has 4 aromatic rings. The number of nitrogens with one attached hydrogen (secondary N) is 1. The third-order valence-corrected chi connectivity index (χ3v) is 6.54. The van der Waals surface area contributed by atoms with Gasteiger partial charge in [-0.05, 0) is 36.4 Å². The van der Waals surface area contributed by atoms with Crippen LogP contribution in [0.4, 0.5) is 0 Å². The first-order chi connectivity index (χ1) is 14.6. The topological polar surface area (TPSA) is 63.1 Å². The van der Waals surface area contributed by atoms with Crippen LogP contribution in [-0.2, 0) is 12.6 Å². The molecule has 0 bridgehead atoms. The van der Waals surface area contributed by atoms with E-state index in [9.17, 15) is 4.79 Å². The van der Waals surface area contributed by atoms with Gasteiger partial charge in [-0.25, -0.2) is 0 Å². The number of nitrogens with zero attached hydrogens (tertiary/aromatic N) is 3. The van der Waals surface area contributed by atoms with Gasteiger partial charge >= 0.3 is 0 Å². The zero-order valence-electron chi connectivity index (χ0n) is 16.8. The van der Waals surface area contributed by atoms with Gasteiger partial charge in [0.1, 0.15) is 11.4 Å². The van der Waals surface area contributed by atoms with Gasteiger partial charge < -0.3 is 14.6 Å². The van der Waals surface area contributed by atoms with E-state index in [2.05, 4.69) is 16.1 Å². The Hall–Kier alpha value is -3.54. The molecule has 1 amide bonds. The molecule has 1 saturated heterocycles.